The van der Waals surface area contributed by atoms with E-state index in [2.05, 4.69) is 0 Å². The molecule has 6 nitrogen and oxygen atoms in total. The Hall–Kier alpha value is -2.38. The minimum Gasteiger partial charge on any atom is -0.491 e. The highest BCUT2D eigenvalue weighted by Gasteiger charge is 2.04. The summed E-state index contributed by atoms with van der Waals surface area (Å²) in [6, 6.07) is 15.8. The topological polar surface area (TPSA) is 55.4 Å². The second-order valence-electron chi connectivity index (χ2n) is 6.64. The van der Waals surface area contributed by atoms with E-state index >= 15 is 0 Å². The lowest BCUT2D eigenvalue weighted by atomic mass is 10.2. The number of hydrogen-bond donors (Lipinski definition) is 0. The van der Waals surface area contributed by atoms with Crippen LogP contribution in [0.1, 0.15) is 11.1 Å². The van der Waals surface area contributed by atoms with Gasteiger partial charge in [0.25, 0.3) is 0 Å². The van der Waals surface area contributed by atoms with Crippen LogP contribution in [0.5, 0.6) is 11.5 Å². The molecule has 0 saturated heterocycles. The van der Waals surface area contributed by atoms with Crippen molar-refractivity contribution in [3.63, 3.8) is 0 Å². The predicted molar refractivity (Wildman–Crippen MR) is 114 cm³/mol. The second kappa shape index (κ2) is 13.8. The van der Waals surface area contributed by atoms with Gasteiger partial charge in [0.15, 0.2) is 0 Å². The van der Waals surface area contributed by atoms with Crippen molar-refractivity contribution in [1.82, 2.24) is 0 Å². The average molecular weight is 414 g/mol. The molecule has 0 atom stereocenters. The van der Waals surface area contributed by atoms with Crippen LogP contribution in [0.15, 0.2) is 60.7 Å². The van der Waals surface area contributed by atoms with Crippen LogP contribution < -0.4 is 9.47 Å². The molecule has 1 aliphatic heterocycles. The fourth-order valence-corrected chi connectivity index (χ4v) is 2.88. The molecule has 2 aromatic carbocycles. The quantitative estimate of drug-likeness (QED) is 0.612. The molecule has 1 aliphatic rings. The summed E-state index contributed by atoms with van der Waals surface area (Å²) in [4.78, 5) is 0. The van der Waals surface area contributed by atoms with Gasteiger partial charge >= 0.3 is 0 Å². The molecule has 0 aliphatic carbocycles. The van der Waals surface area contributed by atoms with Crippen molar-refractivity contribution in [1.29, 1.82) is 0 Å². The molecule has 6 heteroatoms. The van der Waals surface area contributed by atoms with Crippen LogP contribution in [0.25, 0.3) is 0 Å². The maximum atomic E-state index is 5.83. The Labute approximate surface area is 178 Å². The van der Waals surface area contributed by atoms with Gasteiger partial charge in [0, 0.05) is 11.1 Å². The lowest BCUT2D eigenvalue weighted by molar-refractivity contribution is 0.0267. The van der Waals surface area contributed by atoms with E-state index in [0.29, 0.717) is 66.1 Å². The molecule has 0 N–H and O–H groups in total. The second-order valence-corrected chi connectivity index (χ2v) is 6.64. The minimum absolute atomic E-state index is 0.480. The number of para-hydroxylation sites is 2. The summed E-state index contributed by atoms with van der Waals surface area (Å²) in [6.07, 6.45) is 3.92. The highest BCUT2D eigenvalue weighted by Crippen LogP contribution is 2.20. The Morgan fingerprint density at radius 2 is 0.900 bits per heavy atom. The van der Waals surface area contributed by atoms with E-state index in [-0.39, 0.29) is 0 Å². The number of ether oxygens (including phenoxy) is 6. The zero-order valence-corrected chi connectivity index (χ0v) is 17.3. The van der Waals surface area contributed by atoms with Gasteiger partial charge in [-0.15, -0.1) is 0 Å². The van der Waals surface area contributed by atoms with E-state index in [1.54, 1.807) is 0 Å². The average Bonchev–Trinajstić information content (AvgIpc) is 2.78. The highest BCUT2D eigenvalue weighted by molar-refractivity contribution is 5.33. The van der Waals surface area contributed by atoms with Crippen LogP contribution in [0.4, 0.5) is 0 Å². The Balaban J connectivity index is 1.53. The zero-order valence-electron chi connectivity index (χ0n) is 17.3. The normalized spacial score (nSPS) is 18.9. The molecule has 30 heavy (non-hydrogen) atoms. The highest BCUT2D eigenvalue weighted by atomic mass is 16.6. The summed E-state index contributed by atoms with van der Waals surface area (Å²) in [5.41, 5.74) is 2.04. The zero-order chi connectivity index (χ0) is 20.7. The van der Waals surface area contributed by atoms with Gasteiger partial charge in [-0.1, -0.05) is 48.6 Å². The third-order valence-electron chi connectivity index (χ3n) is 4.40. The van der Waals surface area contributed by atoms with Crippen LogP contribution >= 0.6 is 0 Å². The molecule has 1 heterocycles. The predicted octanol–water partition coefficient (Wildman–Crippen LogP) is 3.78. The third kappa shape index (κ3) is 8.16. The molecule has 0 unspecified atom stereocenters. The lowest BCUT2D eigenvalue weighted by Gasteiger charge is -2.13. The summed E-state index contributed by atoms with van der Waals surface area (Å²) in [5, 5.41) is 0. The molecular weight excluding hydrogens is 384 g/mol. The van der Waals surface area contributed by atoms with Crippen LogP contribution in [0.3, 0.4) is 0 Å². The van der Waals surface area contributed by atoms with Gasteiger partial charge in [-0.2, -0.15) is 0 Å². The first-order valence-electron chi connectivity index (χ1n) is 10.3. The van der Waals surface area contributed by atoms with Gasteiger partial charge in [0.1, 0.15) is 24.7 Å². The van der Waals surface area contributed by atoms with Gasteiger partial charge in [-0.05, 0) is 12.1 Å². The lowest BCUT2D eigenvalue weighted by Crippen LogP contribution is -2.14. The van der Waals surface area contributed by atoms with Crippen LogP contribution in [0, 0.1) is 0 Å². The monoisotopic (exact) mass is 414 g/mol. The number of fused-ring (bicyclic) bond motifs is 2. The van der Waals surface area contributed by atoms with Crippen molar-refractivity contribution < 1.29 is 28.4 Å². The van der Waals surface area contributed by atoms with Crippen molar-refractivity contribution in [3.8, 4) is 11.5 Å². The van der Waals surface area contributed by atoms with Gasteiger partial charge in [-0.25, -0.2) is 0 Å². The molecule has 2 aromatic rings. The SMILES string of the molecule is C1=C/COCc2ccccc2OCCOCCOCCOc2ccccc2COC/1. The van der Waals surface area contributed by atoms with Crippen LogP contribution in [0.2, 0.25) is 0 Å². The molecule has 0 aromatic heterocycles. The van der Waals surface area contributed by atoms with Crippen LogP contribution in [-0.2, 0) is 32.2 Å². The van der Waals surface area contributed by atoms with Crippen molar-refractivity contribution in [2.45, 2.75) is 13.2 Å². The number of rotatable bonds is 0. The van der Waals surface area contributed by atoms with E-state index in [4.69, 9.17) is 28.4 Å². The van der Waals surface area contributed by atoms with E-state index < -0.39 is 0 Å². The first-order chi connectivity index (χ1) is 14.9. The molecule has 0 amide bonds. The van der Waals surface area contributed by atoms with Gasteiger partial charge < -0.3 is 28.4 Å². The first-order valence-corrected chi connectivity index (χ1v) is 10.3. The van der Waals surface area contributed by atoms with Crippen molar-refractivity contribution in [2.24, 2.45) is 0 Å². The Morgan fingerprint density at radius 1 is 0.467 bits per heavy atom. The van der Waals surface area contributed by atoms with Gasteiger partial charge in [-0.3, -0.25) is 0 Å². The molecule has 0 spiro atoms. The van der Waals surface area contributed by atoms with Crippen molar-refractivity contribution >= 4 is 0 Å². The van der Waals surface area contributed by atoms with E-state index in [1.165, 1.54) is 0 Å². The van der Waals surface area contributed by atoms with E-state index in [0.717, 1.165) is 22.6 Å². The molecule has 162 valence electrons. The third-order valence-corrected chi connectivity index (χ3v) is 4.40. The maximum absolute atomic E-state index is 5.83. The number of benzene rings is 2. The van der Waals surface area contributed by atoms with Crippen molar-refractivity contribution in [2.75, 3.05) is 52.9 Å². The van der Waals surface area contributed by atoms with Crippen LogP contribution in [-0.4, -0.2) is 52.9 Å². The molecule has 0 bridgehead atoms. The summed E-state index contributed by atoms with van der Waals surface area (Å²) < 4.78 is 34.3. The Morgan fingerprint density at radius 3 is 1.40 bits per heavy atom. The van der Waals surface area contributed by atoms with E-state index in [9.17, 15) is 0 Å². The molecule has 0 saturated carbocycles. The van der Waals surface area contributed by atoms with Gasteiger partial charge in [0.2, 0.25) is 0 Å². The first kappa shape index (κ1) is 22.3. The fourth-order valence-electron chi connectivity index (χ4n) is 2.88. The van der Waals surface area contributed by atoms with Crippen molar-refractivity contribution in [3.05, 3.63) is 71.8 Å². The molecule has 0 radical (unpaired) electrons. The standard InChI is InChI=1S/C24H30O6/c1-3-9-23-21(7-1)19-27-11-5-6-12-28-20-22-8-2-4-10-24(22)30-18-16-26-14-13-25-15-17-29-23/h1-10H,11-20H2/b6-5+. The number of hydrogen-bond acceptors (Lipinski definition) is 6. The Kier molecular flexibility index (Phi) is 10.2. The molecule has 0 fully saturated rings. The summed E-state index contributed by atoms with van der Waals surface area (Å²) in [5.74, 6) is 1.64. The summed E-state index contributed by atoms with van der Waals surface area (Å²) in [7, 11) is 0. The summed E-state index contributed by atoms with van der Waals surface area (Å²) >= 11 is 0. The maximum Gasteiger partial charge on any atom is 0.124 e. The largest absolute Gasteiger partial charge is 0.491 e. The van der Waals surface area contributed by atoms with E-state index in [1.807, 2.05) is 60.7 Å². The molecular formula is C24H30O6. The minimum atomic E-state index is 0.480. The van der Waals surface area contributed by atoms with Gasteiger partial charge in [0.05, 0.1) is 52.9 Å². The summed E-state index contributed by atoms with van der Waals surface area (Å²) in [6.45, 7) is 5.01. The molecule has 3 rings (SSSR count). The fraction of sp³-hybridized carbons (Fsp3) is 0.417. The Bertz CT molecular complexity index is 697. The smallest absolute Gasteiger partial charge is 0.124 e.